The lowest BCUT2D eigenvalue weighted by molar-refractivity contribution is -0.147. The molecular weight excluding hydrogens is 394 g/mol. The second kappa shape index (κ2) is 10.8. The molecule has 0 atom stereocenters. The molecule has 0 aliphatic heterocycles. The Hall–Kier alpha value is -2.37. The van der Waals surface area contributed by atoms with Crippen LogP contribution in [0.25, 0.3) is 0 Å². The molecule has 1 rings (SSSR count). The number of ether oxygens (including phenoxy) is 2. The van der Waals surface area contributed by atoms with Gasteiger partial charge in [-0.15, -0.1) is 0 Å². The predicted octanol–water partition coefficient (Wildman–Crippen LogP) is 5.91. The molecule has 0 heterocycles. The zero-order valence-electron chi connectivity index (χ0n) is 20.6. The number of nitrogens with zero attached hydrogens (tertiary/aromatic N) is 1. The first-order valence-corrected chi connectivity index (χ1v) is 11.1. The number of carbonyl (C=O) groups excluding carboxylic acids is 3. The highest BCUT2D eigenvalue weighted by molar-refractivity contribution is 5.93. The number of benzene rings is 1. The third kappa shape index (κ3) is 7.08. The molecule has 0 radical (unpaired) electrons. The lowest BCUT2D eigenvalue weighted by Crippen LogP contribution is -2.35. The Morgan fingerprint density at radius 3 is 1.71 bits per heavy atom. The van der Waals surface area contributed by atoms with Crippen LogP contribution < -0.4 is 14.4 Å². The maximum Gasteiger partial charge on any atom is 0.317 e. The average molecular weight is 434 g/mol. The van der Waals surface area contributed by atoms with Crippen molar-refractivity contribution in [3.63, 3.8) is 0 Å². The number of esters is 2. The summed E-state index contributed by atoms with van der Waals surface area (Å²) in [6.07, 6.45) is 3.01. The summed E-state index contributed by atoms with van der Waals surface area (Å²) in [6.45, 7) is 16.6. The third-order valence-corrected chi connectivity index (χ3v) is 5.32. The van der Waals surface area contributed by atoms with Crippen LogP contribution in [0.4, 0.5) is 5.69 Å². The molecule has 0 saturated heterocycles. The van der Waals surface area contributed by atoms with Crippen LogP contribution >= 0.6 is 0 Å². The van der Waals surface area contributed by atoms with Crippen LogP contribution in [-0.4, -0.2) is 23.9 Å². The van der Waals surface area contributed by atoms with Crippen molar-refractivity contribution >= 4 is 23.5 Å². The van der Waals surface area contributed by atoms with Gasteiger partial charge in [-0.2, -0.15) is 0 Å². The van der Waals surface area contributed by atoms with E-state index in [1.54, 1.807) is 23.1 Å². The van der Waals surface area contributed by atoms with E-state index >= 15 is 0 Å². The van der Waals surface area contributed by atoms with E-state index in [-0.39, 0.29) is 29.4 Å². The van der Waals surface area contributed by atoms with E-state index in [9.17, 15) is 14.4 Å². The summed E-state index contributed by atoms with van der Waals surface area (Å²) in [4.78, 5) is 39.4. The SMILES string of the molecule is CCCC(C)(C)C(=O)Oc1ccc(N(C(C)=O)C(C)C)cc1OC(=O)C(C)(C)CCC. The second-order valence-electron chi connectivity index (χ2n) is 9.66. The summed E-state index contributed by atoms with van der Waals surface area (Å²) < 4.78 is 11.4. The molecule has 0 N–H and O–H groups in total. The maximum atomic E-state index is 12.9. The van der Waals surface area contributed by atoms with Gasteiger partial charge in [-0.3, -0.25) is 14.4 Å². The minimum atomic E-state index is -0.689. The lowest BCUT2D eigenvalue weighted by Gasteiger charge is -2.28. The predicted molar refractivity (Wildman–Crippen MR) is 123 cm³/mol. The summed E-state index contributed by atoms with van der Waals surface area (Å²) in [5.74, 6) is -0.618. The summed E-state index contributed by atoms with van der Waals surface area (Å²) >= 11 is 0. The molecule has 174 valence electrons. The van der Waals surface area contributed by atoms with Crippen LogP contribution in [0.5, 0.6) is 11.5 Å². The Balaban J connectivity index is 3.41. The van der Waals surface area contributed by atoms with Gasteiger partial charge in [0.1, 0.15) is 0 Å². The van der Waals surface area contributed by atoms with Crippen molar-refractivity contribution in [2.24, 2.45) is 10.8 Å². The molecule has 1 aromatic carbocycles. The summed E-state index contributed by atoms with van der Waals surface area (Å²) in [5, 5.41) is 0. The Morgan fingerprint density at radius 1 is 0.871 bits per heavy atom. The number of carbonyl (C=O) groups is 3. The minimum absolute atomic E-state index is 0.0885. The van der Waals surface area contributed by atoms with E-state index in [0.717, 1.165) is 12.8 Å². The Kier molecular flexibility index (Phi) is 9.27. The van der Waals surface area contributed by atoms with E-state index in [4.69, 9.17) is 9.47 Å². The largest absolute Gasteiger partial charge is 0.422 e. The molecule has 0 saturated carbocycles. The van der Waals surface area contributed by atoms with Crippen molar-refractivity contribution < 1.29 is 23.9 Å². The van der Waals surface area contributed by atoms with Gasteiger partial charge in [-0.05, 0) is 66.5 Å². The van der Waals surface area contributed by atoms with Crippen molar-refractivity contribution in [2.75, 3.05) is 4.90 Å². The standard InChI is InChI=1S/C25H39NO5/c1-10-14-24(6,7)22(28)30-20-13-12-19(26(17(3)4)18(5)27)16-21(20)31-23(29)25(8,9)15-11-2/h12-13,16-17H,10-11,14-15H2,1-9H3. The normalized spacial score (nSPS) is 11.9. The molecular formula is C25H39NO5. The van der Waals surface area contributed by atoms with Crippen molar-refractivity contribution in [3.05, 3.63) is 18.2 Å². The van der Waals surface area contributed by atoms with Gasteiger partial charge >= 0.3 is 11.9 Å². The minimum Gasteiger partial charge on any atom is -0.422 e. The van der Waals surface area contributed by atoms with Crippen molar-refractivity contribution in [2.45, 2.75) is 94.0 Å². The van der Waals surface area contributed by atoms with E-state index in [0.29, 0.717) is 18.5 Å². The van der Waals surface area contributed by atoms with Crippen LogP contribution in [0.2, 0.25) is 0 Å². The van der Waals surface area contributed by atoms with Gasteiger partial charge in [-0.25, -0.2) is 0 Å². The molecule has 0 spiro atoms. The van der Waals surface area contributed by atoms with Gasteiger partial charge < -0.3 is 14.4 Å². The third-order valence-electron chi connectivity index (χ3n) is 5.32. The Labute approximate surface area is 187 Å². The van der Waals surface area contributed by atoms with Gasteiger partial charge in [0.05, 0.1) is 10.8 Å². The van der Waals surface area contributed by atoms with Crippen LogP contribution in [0.1, 0.15) is 88.0 Å². The number of anilines is 1. The van der Waals surface area contributed by atoms with E-state index in [1.165, 1.54) is 6.92 Å². The van der Waals surface area contributed by atoms with E-state index in [1.807, 2.05) is 55.4 Å². The fourth-order valence-corrected chi connectivity index (χ4v) is 3.58. The van der Waals surface area contributed by atoms with Crippen LogP contribution in [0.15, 0.2) is 18.2 Å². The van der Waals surface area contributed by atoms with Crippen molar-refractivity contribution in [3.8, 4) is 11.5 Å². The van der Waals surface area contributed by atoms with Crippen molar-refractivity contribution in [1.82, 2.24) is 0 Å². The number of hydrogen-bond donors (Lipinski definition) is 0. The molecule has 0 fully saturated rings. The van der Waals surface area contributed by atoms with Gasteiger partial charge in [0.25, 0.3) is 0 Å². The number of amides is 1. The average Bonchev–Trinajstić information content (AvgIpc) is 2.62. The lowest BCUT2D eigenvalue weighted by atomic mass is 9.88. The summed E-state index contributed by atoms with van der Waals surface area (Å²) in [5.41, 5.74) is -0.781. The fourth-order valence-electron chi connectivity index (χ4n) is 3.58. The molecule has 6 nitrogen and oxygen atoms in total. The zero-order chi connectivity index (χ0) is 24.0. The highest BCUT2D eigenvalue weighted by Crippen LogP contribution is 2.37. The highest BCUT2D eigenvalue weighted by Gasteiger charge is 2.32. The van der Waals surface area contributed by atoms with E-state index < -0.39 is 16.8 Å². The quantitative estimate of drug-likeness (QED) is 0.339. The van der Waals surface area contributed by atoms with Crippen LogP contribution in [0.3, 0.4) is 0 Å². The maximum absolute atomic E-state index is 12.9. The molecule has 0 aliphatic rings. The molecule has 6 heteroatoms. The summed E-state index contributed by atoms with van der Waals surface area (Å²) in [6, 6.07) is 4.79. The first-order valence-electron chi connectivity index (χ1n) is 11.1. The van der Waals surface area contributed by atoms with Gasteiger partial charge in [0.15, 0.2) is 11.5 Å². The first kappa shape index (κ1) is 26.7. The smallest absolute Gasteiger partial charge is 0.317 e. The number of hydrogen-bond acceptors (Lipinski definition) is 5. The zero-order valence-corrected chi connectivity index (χ0v) is 20.6. The van der Waals surface area contributed by atoms with Gasteiger partial charge in [0, 0.05) is 24.7 Å². The van der Waals surface area contributed by atoms with Crippen molar-refractivity contribution in [1.29, 1.82) is 0 Å². The van der Waals surface area contributed by atoms with Gasteiger partial charge in [-0.1, -0.05) is 26.7 Å². The fraction of sp³-hybridized carbons (Fsp3) is 0.640. The highest BCUT2D eigenvalue weighted by atomic mass is 16.6. The van der Waals surface area contributed by atoms with E-state index in [2.05, 4.69) is 0 Å². The summed E-state index contributed by atoms with van der Waals surface area (Å²) in [7, 11) is 0. The molecule has 0 aliphatic carbocycles. The molecule has 1 amide bonds. The monoisotopic (exact) mass is 433 g/mol. The van der Waals surface area contributed by atoms with Crippen LogP contribution in [-0.2, 0) is 14.4 Å². The molecule has 0 unspecified atom stereocenters. The van der Waals surface area contributed by atoms with Crippen LogP contribution in [0, 0.1) is 10.8 Å². The molecule has 0 bridgehead atoms. The Bertz CT molecular complexity index is 795. The second-order valence-corrected chi connectivity index (χ2v) is 9.66. The topological polar surface area (TPSA) is 72.9 Å². The first-order chi connectivity index (χ1) is 14.3. The Morgan fingerprint density at radius 2 is 1.32 bits per heavy atom. The molecule has 0 aromatic heterocycles. The van der Waals surface area contributed by atoms with Gasteiger partial charge in [0.2, 0.25) is 5.91 Å². The molecule has 1 aromatic rings. The molecule has 31 heavy (non-hydrogen) atoms. The number of rotatable bonds is 10.